The molecular weight excluding hydrogens is 215 g/mol. The standard InChI is InChI=1S/C10H11FN2O3/c1-7(14)12-10(6-13(15)16)8-2-4-9(11)5-3-8/h2-5,10H,6H2,1H3,(H,12,14)/t10-/m1/s1. The van der Waals surface area contributed by atoms with E-state index in [1.165, 1.54) is 31.2 Å². The van der Waals surface area contributed by atoms with Crippen molar-refractivity contribution in [2.75, 3.05) is 6.54 Å². The molecule has 0 saturated heterocycles. The van der Waals surface area contributed by atoms with Crippen LogP contribution >= 0.6 is 0 Å². The number of hydrogen-bond donors (Lipinski definition) is 1. The number of carbonyl (C=O) groups excluding carboxylic acids is 1. The summed E-state index contributed by atoms with van der Waals surface area (Å²) in [6, 6.07) is 4.50. The highest BCUT2D eigenvalue weighted by Crippen LogP contribution is 2.13. The van der Waals surface area contributed by atoms with Crippen molar-refractivity contribution < 1.29 is 14.1 Å². The Morgan fingerprint density at radius 1 is 1.50 bits per heavy atom. The van der Waals surface area contributed by atoms with Gasteiger partial charge < -0.3 is 5.32 Å². The molecule has 1 atom stereocenters. The molecule has 1 N–H and O–H groups in total. The fourth-order valence-corrected chi connectivity index (χ4v) is 1.32. The zero-order chi connectivity index (χ0) is 12.1. The number of hydrogen-bond acceptors (Lipinski definition) is 3. The largest absolute Gasteiger partial charge is 0.343 e. The van der Waals surface area contributed by atoms with Crippen LogP contribution in [0.25, 0.3) is 0 Å². The van der Waals surface area contributed by atoms with Crippen LogP contribution in [0.4, 0.5) is 4.39 Å². The molecule has 16 heavy (non-hydrogen) atoms. The average molecular weight is 226 g/mol. The molecule has 0 aliphatic heterocycles. The monoisotopic (exact) mass is 226 g/mol. The SMILES string of the molecule is CC(=O)N[C@H](C[N+](=O)[O-])c1ccc(F)cc1. The van der Waals surface area contributed by atoms with Crippen LogP contribution in [0.2, 0.25) is 0 Å². The van der Waals surface area contributed by atoms with Gasteiger partial charge in [0.25, 0.3) is 0 Å². The number of carbonyl (C=O) groups is 1. The first-order valence-corrected chi connectivity index (χ1v) is 4.63. The first-order chi connectivity index (χ1) is 7.49. The number of nitrogens with zero attached hydrogens (tertiary/aromatic N) is 1. The minimum atomic E-state index is -0.729. The van der Waals surface area contributed by atoms with E-state index in [0.29, 0.717) is 5.56 Å². The number of nitrogens with one attached hydrogen (secondary N) is 1. The van der Waals surface area contributed by atoms with Crippen LogP contribution in [-0.2, 0) is 4.79 Å². The topological polar surface area (TPSA) is 72.2 Å². The minimum absolute atomic E-state index is 0.365. The lowest BCUT2D eigenvalue weighted by Crippen LogP contribution is -2.31. The summed E-state index contributed by atoms with van der Waals surface area (Å²) in [6.45, 7) is 0.849. The third-order valence-corrected chi connectivity index (χ3v) is 1.98. The second-order valence-corrected chi connectivity index (χ2v) is 3.32. The van der Waals surface area contributed by atoms with E-state index in [1.54, 1.807) is 0 Å². The summed E-state index contributed by atoms with van der Waals surface area (Å²) in [7, 11) is 0. The highest BCUT2D eigenvalue weighted by molar-refractivity contribution is 5.73. The van der Waals surface area contributed by atoms with Crippen molar-refractivity contribution in [1.29, 1.82) is 0 Å². The zero-order valence-electron chi connectivity index (χ0n) is 8.64. The molecule has 1 amide bonds. The van der Waals surface area contributed by atoms with E-state index in [-0.39, 0.29) is 5.91 Å². The van der Waals surface area contributed by atoms with Crippen molar-refractivity contribution >= 4 is 5.91 Å². The molecular formula is C10H11FN2O3. The van der Waals surface area contributed by atoms with Crippen LogP contribution in [0.1, 0.15) is 18.5 Å². The van der Waals surface area contributed by atoms with Gasteiger partial charge in [-0.3, -0.25) is 14.9 Å². The van der Waals surface area contributed by atoms with Crippen molar-refractivity contribution in [3.8, 4) is 0 Å². The molecule has 0 spiro atoms. The summed E-state index contributed by atoms with van der Waals surface area (Å²) in [4.78, 5) is 20.8. The molecule has 0 aliphatic carbocycles. The van der Waals surface area contributed by atoms with Crippen LogP contribution < -0.4 is 5.32 Å². The number of rotatable bonds is 4. The first kappa shape index (κ1) is 12.1. The lowest BCUT2D eigenvalue weighted by molar-refractivity contribution is -0.484. The van der Waals surface area contributed by atoms with Gasteiger partial charge in [-0.1, -0.05) is 12.1 Å². The fraction of sp³-hybridized carbons (Fsp3) is 0.300. The smallest absolute Gasteiger partial charge is 0.227 e. The third kappa shape index (κ3) is 3.64. The molecule has 0 aromatic heterocycles. The van der Waals surface area contributed by atoms with Gasteiger partial charge in [-0.05, 0) is 17.7 Å². The van der Waals surface area contributed by atoms with E-state index in [2.05, 4.69) is 5.32 Å². The Morgan fingerprint density at radius 2 is 2.06 bits per heavy atom. The van der Waals surface area contributed by atoms with Crippen molar-refractivity contribution in [3.63, 3.8) is 0 Å². The Labute approximate surface area is 91.4 Å². The molecule has 0 aliphatic rings. The van der Waals surface area contributed by atoms with Gasteiger partial charge in [-0.25, -0.2) is 4.39 Å². The summed E-state index contributed by atoms with van der Waals surface area (Å²) >= 11 is 0. The molecule has 86 valence electrons. The molecule has 1 aromatic carbocycles. The molecule has 6 heteroatoms. The Hall–Kier alpha value is -1.98. The van der Waals surface area contributed by atoms with E-state index in [9.17, 15) is 19.3 Å². The molecule has 0 unspecified atom stereocenters. The lowest BCUT2D eigenvalue weighted by Gasteiger charge is -2.13. The zero-order valence-corrected chi connectivity index (χ0v) is 8.64. The Balaban J connectivity index is 2.86. The van der Waals surface area contributed by atoms with E-state index in [1.807, 2.05) is 0 Å². The first-order valence-electron chi connectivity index (χ1n) is 4.63. The van der Waals surface area contributed by atoms with Crippen LogP contribution in [0.3, 0.4) is 0 Å². The van der Waals surface area contributed by atoms with Gasteiger partial charge >= 0.3 is 0 Å². The predicted molar refractivity (Wildman–Crippen MR) is 54.8 cm³/mol. The molecule has 1 rings (SSSR count). The van der Waals surface area contributed by atoms with Crippen molar-refractivity contribution in [2.24, 2.45) is 0 Å². The highest BCUT2D eigenvalue weighted by Gasteiger charge is 2.18. The number of amides is 1. The van der Waals surface area contributed by atoms with E-state index in [4.69, 9.17) is 0 Å². The van der Waals surface area contributed by atoms with Crippen LogP contribution in [0, 0.1) is 15.9 Å². The maximum absolute atomic E-state index is 12.7. The van der Waals surface area contributed by atoms with Gasteiger partial charge in [0.1, 0.15) is 11.9 Å². The number of halogens is 1. The van der Waals surface area contributed by atoms with Crippen molar-refractivity contribution in [1.82, 2.24) is 5.32 Å². The third-order valence-electron chi connectivity index (χ3n) is 1.98. The molecule has 0 radical (unpaired) electrons. The van der Waals surface area contributed by atoms with Crippen molar-refractivity contribution in [2.45, 2.75) is 13.0 Å². The van der Waals surface area contributed by atoms with Crippen LogP contribution in [0.5, 0.6) is 0 Å². The normalized spacial score (nSPS) is 11.9. The number of nitro groups is 1. The van der Waals surface area contributed by atoms with Crippen LogP contribution in [0.15, 0.2) is 24.3 Å². The Morgan fingerprint density at radius 3 is 2.50 bits per heavy atom. The second kappa shape index (κ2) is 5.20. The predicted octanol–water partition coefficient (Wildman–Crippen LogP) is 1.28. The summed E-state index contributed by atoms with van der Waals surface area (Å²) < 4.78 is 12.7. The van der Waals surface area contributed by atoms with E-state index >= 15 is 0 Å². The maximum Gasteiger partial charge on any atom is 0.227 e. The molecule has 5 nitrogen and oxygen atoms in total. The summed E-state index contributed by atoms with van der Waals surface area (Å²) in [5.41, 5.74) is 0.508. The minimum Gasteiger partial charge on any atom is -0.343 e. The highest BCUT2D eigenvalue weighted by atomic mass is 19.1. The quantitative estimate of drug-likeness (QED) is 0.620. The molecule has 0 fully saturated rings. The van der Waals surface area contributed by atoms with Gasteiger partial charge in [0, 0.05) is 11.8 Å². The van der Waals surface area contributed by atoms with Gasteiger partial charge in [0.05, 0.1) is 0 Å². The molecule has 0 saturated carbocycles. The Bertz CT molecular complexity index is 376. The second-order valence-electron chi connectivity index (χ2n) is 3.32. The average Bonchev–Trinajstić information content (AvgIpc) is 2.16. The van der Waals surface area contributed by atoms with Gasteiger partial charge in [-0.2, -0.15) is 0 Å². The molecule has 0 bridgehead atoms. The summed E-state index contributed by atoms with van der Waals surface area (Å²) in [5, 5.41) is 12.9. The van der Waals surface area contributed by atoms with Crippen LogP contribution in [-0.4, -0.2) is 17.4 Å². The fourth-order valence-electron chi connectivity index (χ4n) is 1.32. The lowest BCUT2D eigenvalue weighted by atomic mass is 10.1. The van der Waals surface area contributed by atoms with Gasteiger partial charge in [0.15, 0.2) is 0 Å². The van der Waals surface area contributed by atoms with Crippen molar-refractivity contribution in [3.05, 3.63) is 45.8 Å². The maximum atomic E-state index is 12.7. The Kier molecular flexibility index (Phi) is 3.93. The van der Waals surface area contributed by atoms with Gasteiger partial charge in [-0.15, -0.1) is 0 Å². The molecule has 1 aromatic rings. The molecule has 0 heterocycles. The number of benzene rings is 1. The van der Waals surface area contributed by atoms with Gasteiger partial charge in [0.2, 0.25) is 12.5 Å². The van der Waals surface area contributed by atoms with E-state index < -0.39 is 23.3 Å². The van der Waals surface area contributed by atoms with E-state index in [0.717, 1.165) is 0 Å². The summed E-state index contributed by atoms with van der Waals surface area (Å²) in [6.07, 6.45) is 0. The summed E-state index contributed by atoms with van der Waals surface area (Å²) in [5.74, 6) is -0.789.